The van der Waals surface area contributed by atoms with Gasteiger partial charge in [0, 0.05) is 18.3 Å². The fourth-order valence-electron chi connectivity index (χ4n) is 2.70. The van der Waals surface area contributed by atoms with Crippen LogP contribution in [-0.2, 0) is 11.2 Å². The molecule has 0 bridgehead atoms. The van der Waals surface area contributed by atoms with Gasteiger partial charge in [0.25, 0.3) is 0 Å². The molecule has 0 saturated heterocycles. The van der Waals surface area contributed by atoms with Crippen molar-refractivity contribution in [3.05, 3.63) is 29.3 Å². The lowest BCUT2D eigenvalue weighted by Crippen LogP contribution is -2.48. The lowest BCUT2D eigenvalue weighted by atomic mass is 9.98. The summed E-state index contributed by atoms with van der Waals surface area (Å²) in [5, 5.41) is 3.00. The van der Waals surface area contributed by atoms with E-state index in [1.54, 1.807) is 0 Å². The zero-order valence-electron chi connectivity index (χ0n) is 12.4. The molecule has 0 unspecified atom stereocenters. The Morgan fingerprint density at radius 1 is 1.32 bits per heavy atom. The van der Waals surface area contributed by atoms with Crippen LogP contribution in [0, 0.1) is 6.92 Å². The molecule has 1 N–H and O–H groups in total. The predicted molar refractivity (Wildman–Crippen MR) is 79.6 cm³/mol. The highest BCUT2D eigenvalue weighted by molar-refractivity contribution is 5.85. The van der Waals surface area contributed by atoms with Crippen molar-refractivity contribution in [1.29, 1.82) is 0 Å². The highest BCUT2D eigenvalue weighted by Crippen LogP contribution is 2.29. The molecule has 1 aromatic carbocycles. The lowest BCUT2D eigenvalue weighted by molar-refractivity contribution is -0.122. The number of carbonyl (C=O) groups is 1. The average Bonchev–Trinajstić information content (AvgIpc) is 2.36. The number of benzene rings is 1. The molecule has 1 heterocycles. The van der Waals surface area contributed by atoms with Gasteiger partial charge < -0.3 is 10.2 Å². The summed E-state index contributed by atoms with van der Waals surface area (Å²) in [7, 11) is 0. The molecule has 3 heteroatoms. The Hall–Kier alpha value is -1.51. The van der Waals surface area contributed by atoms with Crippen molar-refractivity contribution in [3.63, 3.8) is 0 Å². The third kappa shape index (κ3) is 3.09. The molecule has 0 fully saturated rings. The number of nitrogens with zero attached hydrogens (tertiary/aromatic N) is 1. The molecule has 1 amide bonds. The van der Waals surface area contributed by atoms with E-state index in [0.29, 0.717) is 0 Å². The van der Waals surface area contributed by atoms with Crippen LogP contribution in [-0.4, -0.2) is 24.5 Å². The van der Waals surface area contributed by atoms with E-state index in [1.807, 2.05) is 20.8 Å². The number of amides is 1. The first-order valence-corrected chi connectivity index (χ1v) is 7.15. The first-order valence-electron chi connectivity index (χ1n) is 7.15. The Kier molecular flexibility index (Phi) is 4.13. The van der Waals surface area contributed by atoms with Crippen molar-refractivity contribution >= 4 is 11.6 Å². The van der Waals surface area contributed by atoms with Crippen LogP contribution < -0.4 is 10.2 Å². The highest BCUT2D eigenvalue weighted by Gasteiger charge is 2.26. The van der Waals surface area contributed by atoms with E-state index in [4.69, 9.17) is 0 Å². The van der Waals surface area contributed by atoms with Gasteiger partial charge in [-0.2, -0.15) is 0 Å². The van der Waals surface area contributed by atoms with Crippen LogP contribution >= 0.6 is 0 Å². The van der Waals surface area contributed by atoms with E-state index < -0.39 is 0 Å². The Bertz CT molecular complexity index is 468. The van der Waals surface area contributed by atoms with Gasteiger partial charge in [0.15, 0.2) is 0 Å². The van der Waals surface area contributed by atoms with Crippen molar-refractivity contribution in [2.45, 2.75) is 52.6 Å². The molecule has 2 rings (SSSR count). The molecule has 1 aliphatic heterocycles. The molecular weight excluding hydrogens is 236 g/mol. The number of fused-ring (bicyclic) bond motifs is 1. The number of anilines is 1. The average molecular weight is 260 g/mol. The predicted octanol–water partition coefficient (Wildman–Crippen LogP) is 2.66. The van der Waals surface area contributed by atoms with Crippen molar-refractivity contribution in [1.82, 2.24) is 5.32 Å². The minimum absolute atomic E-state index is 0.107. The van der Waals surface area contributed by atoms with E-state index >= 15 is 0 Å². The molecule has 0 aliphatic carbocycles. The summed E-state index contributed by atoms with van der Waals surface area (Å²) in [5.41, 5.74) is 3.89. The third-order valence-corrected chi connectivity index (χ3v) is 3.67. The maximum atomic E-state index is 12.2. The summed E-state index contributed by atoms with van der Waals surface area (Å²) in [6.45, 7) is 9.07. The number of carbonyl (C=O) groups excluding carboxylic acids is 1. The van der Waals surface area contributed by atoms with Crippen LogP contribution in [0.2, 0.25) is 0 Å². The van der Waals surface area contributed by atoms with Gasteiger partial charge in [-0.05, 0) is 52.2 Å². The first kappa shape index (κ1) is 13.9. The molecule has 0 aromatic heterocycles. The summed E-state index contributed by atoms with van der Waals surface area (Å²) >= 11 is 0. The van der Waals surface area contributed by atoms with Crippen LogP contribution in [0.1, 0.15) is 38.3 Å². The fourth-order valence-corrected chi connectivity index (χ4v) is 2.70. The molecule has 0 spiro atoms. The van der Waals surface area contributed by atoms with Gasteiger partial charge in [0.1, 0.15) is 6.04 Å². The largest absolute Gasteiger partial charge is 0.360 e. The van der Waals surface area contributed by atoms with E-state index in [2.05, 4.69) is 35.3 Å². The van der Waals surface area contributed by atoms with Crippen molar-refractivity contribution < 1.29 is 4.79 Å². The first-order chi connectivity index (χ1) is 8.99. The monoisotopic (exact) mass is 260 g/mol. The molecule has 0 radical (unpaired) electrons. The number of hydrogen-bond acceptors (Lipinski definition) is 2. The van der Waals surface area contributed by atoms with Gasteiger partial charge in [-0.3, -0.25) is 4.79 Å². The van der Waals surface area contributed by atoms with Gasteiger partial charge in [-0.25, -0.2) is 0 Å². The third-order valence-electron chi connectivity index (χ3n) is 3.67. The van der Waals surface area contributed by atoms with Gasteiger partial charge in [0.05, 0.1) is 0 Å². The quantitative estimate of drug-likeness (QED) is 0.906. The second kappa shape index (κ2) is 5.64. The molecule has 1 aromatic rings. The fraction of sp³-hybridized carbons (Fsp3) is 0.562. The van der Waals surface area contributed by atoms with Crippen molar-refractivity contribution in [3.8, 4) is 0 Å². The van der Waals surface area contributed by atoms with Crippen LogP contribution in [0.3, 0.4) is 0 Å². The summed E-state index contributed by atoms with van der Waals surface area (Å²) in [4.78, 5) is 14.4. The lowest BCUT2D eigenvalue weighted by Gasteiger charge is -2.36. The van der Waals surface area contributed by atoms with Crippen LogP contribution in [0.4, 0.5) is 5.69 Å². The maximum Gasteiger partial charge on any atom is 0.242 e. The molecule has 104 valence electrons. The highest BCUT2D eigenvalue weighted by atomic mass is 16.2. The van der Waals surface area contributed by atoms with Gasteiger partial charge in [-0.1, -0.05) is 17.7 Å². The summed E-state index contributed by atoms with van der Waals surface area (Å²) in [6.07, 6.45) is 2.24. The molecule has 3 nitrogen and oxygen atoms in total. The van der Waals surface area contributed by atoms with E-state index in [9.17, 15) is 4.79 Å². The number of rotatable bonds is 3. The smallest absolute Gasteiger partial charge is 0.242 e. The zero-order valence-corrected chi connectivity index (χ0v) is 12.4. The molecular formula is C16H24N2O. The summed E-state index contributed by atoms with van der Waals surface area (Å²) in [6, 6.07) is 6.61. The zero-order chi connectivity index (χ0) is 14.0. The van der Waals surface area contributed by atoms with Gasteiger partial charge in [0.2, 0.25) is 5.91 Å². The standard InChI is InChI=1S/C16H24N2O/c1-11(2)17-16(19)13(4)18-9-5-6-14-10-12(3)7-8-15(14)18/h7-8,10-11,13H,5-6,9H2,1-4H3,(H,17,19)/t13-/m0/s1. The molecule has 0 saturated carbocycles. The van der Waals surface area contributed by atoms with Crippen molar-refractivity contribution in [2.75, 3.05) is 11.4 Å². The summed E-state index contributed by atoms with van der Waals surface area (Å²) in [5.74, 6) is 0.114. The van der Waals surface area contributed by atoms with Gasteiger partial charge >= 0.3 is 0 Å². The second-order valence-corrected chi connectivity index (χ2v) is 5.77. The van der Waals surface area contributed by atoms with Crippen LogP contribution in [0.5, 0.6) is 0 Å². The number of nitrogens with one attached hydrogen (secondary N) is 1. The van der Waals surface area contributed by atoms with E-state index in [0.717, 1.165) is 19.4 Å². The normalized spacial score (nSPS) is 16.2. The number of hydrogen-bond donors (Lipinski definition) is 1. The number of aryl methyl sites for hydroxylation is 2. The van der Waals surface area contributed by atoms with E-state index in [1.165, 1.54) is 16.8 Å². The molecule has 1 aliphatic rings. The maximum absolute atomic E-state index is 12.2. The second-order valence-electron chi connectivity index (χ2n) is 5.77. The van der Waals surface area contributed by atoms with E-state index in [-0.39, 0.29) is 18.0 Å². The van der Waals surface area contributed by atoms with Crippen LogP contribution in [0.15, 0.2) is 18.2 Å². The Morgan fingerprint density at radius 3 is 2.74 bits per heavy atom. The Morgan fingerprint density at radius 2 is 2.05 bits per heavy atom. The van der Waals surface area contributed by atoms with Crippen LogP contribution in [0.25, 0.3) is 0 Å². The Labute approximate surface area is 116 Å². The minimum Gasteiger partial charge on any atom is -0.360 e. The summed E-state index contributed by atoms with van der Waals surface area (Å²) < 4.78 is 0. The molecule has 1 atom stereocenters. The minimum atomic E-state index is -0.107. The van der Waals surface area contributed by atoms with Gasteiger partial charge in [-0.15, -0.1) is 0 Å². The molecule has 19 heavy (non-hydrogen) atoms. The SMILES string of the molecule is Cc1ccc2c(c1)CCCN2[C@@H](C)C(=O)NC(C)C. The Balaban J connectivity index is 2.21. The topological polar surface area (TPSA) is 32.3 Å². The van der Waals surface area contributed by atoms with Crippen molar-refractivity contribution in [2.24, 2.45) is 0 Å².